The van der Waals surface area contributed by atoms with Crippen LogP contribution in [0.3, 0.4) is 0 Å². The molecule has 3 aromatic rings. The van der Waals surface area contributed by atoms with Gasteiger partial charge in [-0.2, -0.15) is 0 Å². The Balaban J connectivity index is 1.51. The van der Waals surface area contributed by atoms with Gasteiger partial charge in [-0.3, -0.25) is 0 Å². The maximum Gasteiger partial charge on any atom is 0.122 e. The SMILES string of the molecule is NCc1ccc(OCCOc2ccc3ccccc3c2)cc1. The Morgan fingerprint density at radius 1 is 0.682 bits per heavy atom. The van der Waals surface area contributed by atoms with Crippen LogP contribution in [0, 0.1) is 0 Å². The molecule has 0 atom stereocenters. The Kier molecular flexibility index (Phi) is 4.56. The fourth-order valence-electron chi connectivity index (χ4n) is 2.30. The van der Waals surface area contributed by atoms with Crippen molar-refractivity contribution in [3.63, 3.8) is 0 Å². The summed E-state index contributed by atoms with van der Waals surface area (Å²) in [5.41, 5.74) is 6.66. The van der Waals surface area contributed by atoms with Crippen LogP contribution in [0.4, 0.5) is 0 Å². The molecule has 0 bridgehead atoms. The molecule has 0 aliphatic heterocycles. The molecule has 0 saturated heterocycles. The summed E-state index contributed by atoms with van der Waals surface area (Å²) in [7, 11) is 0. The van der Waals surface area contributed by atoms with Crippen LogP contribution >= 0.6 is 0 Å². The summed E-state index contributed by atoms with van der Waals surface area (Å²) in [5, 5.41) is 2.39. The third-order valence-electron chi connectivity index (χ3n) is 3.50. The van der Waals surface area contributed by atoms with Crippen LogP contribution < -0.4 is 15.2 Å². The van der Waals surface area contributed by atoms with E-state index in [1.54, 1.807) is 0 Å². The first kappa shape index (κ1) is 14.4. The maximum atomic E-state index is 5.74. The summed E-state index contributed by atoms with van der Waals surface area (Å²) in [6.07, 6.45) is 0. The molecule has 3 aromatic carbocycles. The van der Waals surface area contributed by atoms with Crippen LogP contribution in [0.5, 0.6) is 11.5 Å². The van der Waals surface area contributed by atoms with Gasteiger partial charge in [-0.05, 0) is 40.6 Å². The Bertz CT molecular complexity index is 738. The van der Waals surface area contributed by atoms with Gasteiger partial charge >= 0.3 is 0 Å². The number of fused-ring (bicyclic) bond motifs is 1. The van der Waals surface area contributed by atoms with Crippen molar-refractivity contribution in [3.05, 3.63) is 72.3 Å². The molecule has 0 unspecified atom stereocenters. The fraction of sp³-hybridized carbons (Fsp3) is 0.158. The Hall–Kier alpha value is -2.52. The van der Waals surface area contributed by atoms with Gasteiger partial charge in [0.2, 0.25) is 0 Å². The third kappa shape index (κ3) is 3.57. The largest absolute Gasteiger partial charge is 0.490 e. The van der Waals surface area contributed by atoms with Crippen LogP contribution in [-0.4, -0.2) is 13.2 Å². The predicted octanol–water partition coefficient (Wildman–Crippen LogP) is 3.76. The van der Waals surface area contributed by atoms with Gasteiger partial charge in [0.25, 0.3) is 0 Å². The van der Waals surface area contributed by atoms with Crippen molar-refractivity contribution >= 4 is 10.8 Å². The molecular formula is C19H19NO2. The molecule has 0 saturated carbocycles. The molecule has 22 heavy (non-hydrogen) atoms. The zero-order chi connectivity index (χ0) is 15.2. The summed E-state index contributed by atoms with van der Waals surface area (Å²) < 4.78 is 11.4. The Morgan fingerprint density at radius 3 is 2.05 bits per heavy atom. The minimum absolute atomic E-state index is 0.509. The van der Waals surface area contributed by atoms with Crippen LogP contribution in [0.25, 0.3) is 10.8 Å². The minimum atomic E-state index is 0.509. The van der Waals surface area contributed by atoms with E-state index in [0.717, 1.165) is 17.1 Å². The van der Waals surface area contributed by atoms with E-state index < -0.39 is 0 Å². The number of benzene rings is 3. The molecule has 0 aliphatic carbocycles. The molecule has 0 spiro atoms. The van der Waals surface area contributed by atoms with E-state index in [2.05, 4.69) is 18.2 Å². The van der Waals surface area contributed by atoms with E-state index >= 15 is 0 Å². The van der Waals surface area contributed by atoms with Crippen LogP contribution in [-0.2, 0) is 6.54 Å². The molecule has 112 valence electrons. The van der Waals surface area contributed by atoms with Crippen molar-refractivity contribution in [1.82, 2.24) is 0 Å². The zero-order valence-electron chi connectivity index (χ0n) is 12.4. The second-order valence-electron chi connectivity index (χ2n) is 5.05. The average molecular weight is 293 g/mol. The lowest BCUT2D eigenvalue weighted by atomic mass is 10.1. The number of hydrogen-bond donors (Lipinski definition) is 1. The molecular weight excluding hydrogens is 274 g/mol. The van der Waals surface area contributed by atoms with Crippen molar-refractivity contribution < 1.29 is 9.47 Å². The highest BCUT2D eigenvalue weighted by atomic mass is 16.5. The first-order valence-electron chi connectivity index (χ1n) is 7.38. The van der Waals surface area contributed by atoms with E-state index in [1.165, 1.54) is 10.8 Å². The molecule has 3 heteroatoms. The quantitative estimate of drug-likeness (QED) is 0.704. The Morgan fingerprint density at radius 2 is 1.32 bits per heavy atom. The normalized spacial score (nSPS) is 10.6. The van der Waals surface area contributed by atoms with Crippen LogP contribution in [0.2, 0.25) is 0 Å². The molecule has 0 heterocycles. The van der Waals surface area contributed by atoms with Gasteiger partial charge in [-0.25, -0.2) is 0 Å². The second kappa shape index (κ2) is 6.96. The highest BCUT2D eigenvalue weighted by Gasteiger charge is 1.98. The average Bonchev–Trinajstić information content (AvgIpc) is 2.59. The zero-order valence-corrected chi connectivity index (χ0v) is 12.4. The highest BCUT2D eigenvalue weighted by molar-refractivity contribution is 5.83. The summed E-state index contributed by atoms with van der Waals surface area (Å²) in [5.74, 6) is 1.69. The predicted molar refractivity (Wildman–Crippen MR) is 89.3 cm³/mol. The summed E-state index contributed by atoms with van der Waals surface area (Å²) in [6.45, 7) is 1.57. The lowest BCUT2D eigenvalue weighted by Gasteiger charge is -2.09. The highest BCUT2D eigenvalue weighted by Crippen LogP contribution is 2.20. The van der Waals surface area contributed by atoms with Gasteiger partial charge in [0.05, 0.1) is 0 Å². The van der Waals surface area contributed by atoms with Crippen LogP contribution in [0.1, 0.15) is 5.56 Å². The Labute approximate surface area is 130 Å². The van der Waals surface area contributed by atoms with Gasteiger partial charge in [-0.1, -0.05) is 42.5 Å². The fourth-order valence-corrected chi connectivity index (χ4v) is 2.30. The van der Waals surface area contributed by atoms with Gasteiger partial charge in [0.1, 0.15) is 24.7 Å². The molecule has 0 fully saturated rings. The molecule has 3 nitrogen and oxygen atoms in total. The molecule has 0 radical (unpaired) electrons. The molecule has 3 rings (SSSR count). The van der Waals surface area contributed by atoms with E-state index in [4.69, 9.17) is 15.2 Å². The second-order valence-corrected chi connectivity index (χ2v) is 5.05. The topological polar surface area (TPSA) is 44.5 Å². The minimum Gasteiger partial charge on any atom is -0.490 e. The molecule has 0 amide bonds. The molecule has 2 N–H and O–H groups in total. The van der Waals surface area contributed by atoms with Crippen molar-refractivity contribution in [2.75, 3.05) is 13.2 Å². The summed E-state index contributed by atoms with van der Waals surface area (Å²) in [6, 6.07) is 22.1. The molecule has 0 aliphatic rings. The number of rotatable bonds is 6. The number of hydrogen-bond acceptors (Lipinski definition) is 3. The van der Waals surface area contributed by atoms with Crippen molar-refractivity contribution in [2.24, 2.45) is 5.73 Å². The summed E-state index contributed by atoms with van der Waals surface area (Å²) >= 11 is 0. The monoisotopic (exact) mass is 293 g/mol. The lowest BCUT2D eigenvalue weighted by molar-refractivity contribution is 0.217. The number of ether oxygens (including phenoxy) is 2. The van der Waals surface area contributed by atoms with Gasteiger partial charge in [0, 0.05) is 6.54 Å². The smallest absolute Gasteiger partial charge is 0.122 e. The van der Waals surface area contributed by atoms with E-state index in [-0.39, 0.29) is 0 Å². The standard InChI is InChI=1S/C19H19NO2/c20-14-15-5-8-18(9-6-15)21-11-12-22-19-10-7-16-3-1-2-4-17(16)13-19/h1-10,13H,11-12,14,20H2. The van der Waals surface area contributed by atoms with Gasteiger partial charge in [0.15, 0.2) is 0 Å². The summed E-state index contributed by atoms with van der Waals surface area (Å²) in [4.78, 5) is 0. The van der Waals surface area contributed by atoms with E-state index in [1.807, 2.05) is 48.5 Å². The van der Waals surface area contributed by atoms with Crippen LogP contribution in [0.15, 0.2) is 66.7 Å². The van der Waals surface area contributed by atoms with Crippen molar-refractivity contribution in [3.8, 4) is 11.5 Å². The van der Waals surface area contributed by atoms with E-state index in [0.29, 0.717) is 19.8 Å². The first-order valence-corrected chi connectivity index (χ1v) is 7.38. The lowest BCUT2D eigenvalue weighted by Crippen LogP contribution is -2.09. The third-order valence-corrected chi connectivity index (χ3v) is 3.50. The van der Waals surface area contributed by atoms with Crippen molar-refractivity contribution in [2.45, 2.75) is 6.54 Å². The number of nitrogens with two attached hydrogens (primary N) is 1. The van der Waals surface area contributed by atoms with Gasteiger partial charge in [-0.15, -0.1) is 0 Å². The van der Waals surface area contributed by atoms with Gasteiger partial charge < -0.3 is 15.2 Å². The van der Waals surface area contributed by atoms with E-state index in [9.17, 15) is 0 Å². The maximum absolute atomic E-state index is 5.74. The first-order chi connectivity index (χ1) is 10.8. The molecule has 0 aromatic heterocycles. The van der Waals surface area contributed by atoms with Crippen molar-refractivity contribution in [1.29, 1.82) is 0 Å².